The van der Waals surface area contributed by atoms with Gasteiger partial charge in [-0.15, -0.1) is 0 Å². The quantitative estimate of drug-likeness (QED) is 0.277. The van der Waals surface area contributed by atoms with Crippen LogP contribution in [0.4, 0.5) is 5.69 Å². The van der Waals surface area contributed by atoms with E-state index in [0.717, 1.165) is 23.9 Å². The fraction of sp³-hybridized carbons (Fsp3) is 0.242. The third-order valence-corrected chi connectivity index (χ3v) is 5.99. The van der Waals surface area contributed by atoms with Crippen molar-refractivity contribution in [3.63, 3.8) is 0 Å². The summed E-state index contributed by atoms with van der Waals surface area (Å²) < 4.78 is 0. The molecule has 2 heteroatoms. The average molecular weight is 464 g/mol. The van der Waals surface area contributed by atoms with E-state index in [-0.39, 0.29) is 5.91 Å². The first-order chi connectivity index (χ1) is 17.2. The maximum absolute atomic E-state index is 11.9. The molecule has 4 aromatic carbocycles. The molecule has 2 aliphatic carbocycles. The van der Waals surface area contributed by atoms with E-state index in [1.807, 2.05) is 39.8 Å². The van der Waals surface area contributed by atoms with Gasteiger partial charge in [-0.2, -0.15) is 0 Å². The topological polar surface area (TPSA) is 29.1 Å². The van der Waals surface area contributed by atoms with Crippen molar-refractivity contribution < 1.29 is 4.79 Å². The molecule has 0 saturated carbocycles. The highest BCUT2D eigenvalue weighted by molar-refractivity contribution is 6.11. The predicted molar refractivity (Wildman–Crippen MR) is 157 cm³/mol. The number of nitrogens with one attached hydrogen (secondary N) is 1. The largest absolute Gasteiger partial charge is 0.326 e. The van der Waals surface area contributed by atoms with Gasteiger partial charge in [0.2, 0.25) is 5.91 Å². The van der Waals surface area contributed by atoms with Crippen molar-refractivity contribution in [3.05, 3.63) is 89.0 Å². The third kappa shape index (κ3) is 5.71. The van der Waals surface area contributed by atoms with E-state index < -0.39 is 0 Å². The average Bonchev–Trinajstić information content (AvgIpc) is 3.54. The Morgan fingerprint density at radius 3 is 1.74 bits per heavy atom. The zero-order valence-electron chi connectivity index (χ0n) is 21.7. The summed E-state index contributed by atoms with van der Waals surface area (Å²) in [5, 5.41) is 8.16. The van der Waals surface area contributed by atoms with E-state index in [9.17, 15) is 4.79 Å². The van der Waals surface area contributed by atoms with E-state index >= 15 is 0 Å². The first-order valence-corrected chi connectivity index (χ1v) is 13.0. The number of amides is 1. The second-order valence-corrected chi connectivity index (χ2v) is 8.08. The van der Waals surface area contributed by atoms with Crippen molar-refractivity contribution in [2.45, 2.75) is 53.9 Å². The fourth-order valence-corrected chi connectivity index (χ4v) is 4.44. The van der Waals surface area contributed by atoms with E-state index in [1.54, 1.807) is 0 Å². The van der Waals surface area contributed by atoms with Gasteiger partial charge in [0, 0.05) is 17.5 Å². The SMILES string of the molecule is C1=Cc2cccc3cccc1c23.CC.CC.CCCCC(=O)Nc1ccc2c3c(cccc13)C=C2. The van der Waals surface area contributed by atoms with Crippen LogP contribution in [0.5, 0.6) is 0 Å². The molecule has 0 radical (unpaired) electrons. The van der Waals surface area contributed by atoms with Gasteiger partial charge in [-0.05, 0) is 50.9 Å². The highest BCUT2D eigenvalue weighted by atomic mass is 16.1. The lowest BCUT2D eigenvalue weighted by atomic mass is 10.0. The standard InChI is InChI=1S/C17H17NO.C12H8.2C2H6/c1-2-3-7-16(19)18-15-11-10-13-9-8-12-5-4-6-14(15)17(12)13;1-3-9-4-2-6-11-8-7-10(5-1)12(9)11;2*1-2/h4-6,8-11H,2-3,7H2,1H3,(H,18,19);1-8H;2*1-2H3. The molecule has 0 heterocycles. The Balaban J connectivity index is 0.000000183. The van der Waals surface area contributed by atoms with Gasteiger partial charge in [-0.1, -0.05) is 126 Å². The summed E-state index contributed by atoms with van der Waals surface area (Å²) in [6, 6.07) is 23.2. The van der Waals surface area contributed by atoms with Crippen molar-refractivity contribution in [3.8, 4) is 0 Å². The molecule has 0 fully saturated rings. The molecule has 1 amide bonds. The second-order valence-electron chi connectivity index (χ2n) is 8.08. The molecule has 6 rings (SSSR count). The van der Waals surface area contributed by atoms with Crippen LogP contribution in [0.1, 0.15) is 76.1 Å². The van der Waals surface area contributed by atoms with Gasteiger partial charge in [-0.25, -0.2) is 0 Å². The summed E-state index contributed by atoms with van der Waals surface area (Å²) in [6.07, 6.45) is 11.2. The van der Waals surface area contributed by atoms with Gasteiger partial charge < -0.3 is 5.32 Å². The van der Waals surface area contributed by atoms with Gasteiger partial charge in [-0.3, -0.25) is 4.79 Å². The molecule has 180 valence electrons. The number of rotatable bonds is 4. The lowest BCUT2D eigenvalue weighted by Crippen LogP contribution is -2.11. The predicted octanol–water partition coefficient (Wildman–Crippen LogP) is 9.83. The number of benzene rings is 4. The Kier molecular flexibility index (Phi) is 9.43. The molecule has 0 aromatic heterocycles. The molecule has 4 aromatic rings. The van der Waals surface area contributed by atoms with Crippen LogP contribution in [-0.4, -0.2) is 5.91 Å². The van der Waals surface area contributed by atoms with Gasteiger partial charge in [0.1, 0.15) is 0 Å². The minimum absolute atomic E-state index is 0.105. The maximum atomic E-state index is 11.9. The molecule has 0 bridgehead atoms. The van der Waals surface area contributed by atoms with E-state index in [1.165, 1.54) is 38.4 Å². The Labute approximate surface area is 210 Å². The minimum atomic E-state index is 0.105. The molecule has 35 heavy (non-hydrogen) atoms. The molecule has 0 unspecified atom stereocenters. The van der Waals surface area contributed by atoms with Gasteiger partial charge in [0.25, 0.3) is 0 Å². The minimum Gasteiger partial charge on any atom is -0.326 e. The summed E-state index contributed by atoms with van der Waals surface area (Å²) in [5.74, 6) is 0.105. The summed E-state index contributed by atoms with van der Waals surface area (Å²) in [6.45, 7) is 10.1. The second kappa shape index (κ2) is 12.7. The molecule has 1 N–H and O–H groups in total. The Morgan fingerprint density at radius 2 is 1.17 bits per heavy atom. The summed E-state index contributed by atoms with van der Waals surface area (Å²) in [5.41, 5.74) is 6.09. The Hall–Kier alpha value is -3.65. The van der Waals surface area contributed by atoms with Crippen molar-refractivity contribution in [2.75, 3.05) is 5.32 Å². The number of carbonyl (C=O) groups is 1. The number of carbonyl (C=O) groups excluding carboxylic acids is 1. The Bertz CT molecular complexity index is 1310. The lowest BCUT2D eigenvalue weighted by Gasteiger charge is -2.10. The molecular weight excluding hydrogens is 426 g/mol. The van der Waals surface area contributed by atoms with Gasteiger partial charge in [0.15, 0.2) is 0 Å². The van der Waals surface area contributed by atoms with Crippen LogP contribution in [0.3, 0.4) is 0 Å². The zero-order chi connectivity index (χ0) is 25.2. The third-order valence-electron chi connectivity index (χ3n) is 5.99. The van der Waals surface area contributed by atoms with Crippen molar-refractivity contribution in [1.82, 2.24) is 0 Å². The van der Waals surface area contributed by atoms with Crippen LogP contribution in [-0.2, 0) is 4.79 Å². The van der Waals surface area contributed by atoms with E-state index in [0.29, 0.717) is 6.42 Å². The van der Waals surface area contributed by atoms with Crippen LogP contribution in [0.2, 0.25) is 0 Å². The first kappa shape index (κ1) is 26.0. The fourth-order valence-electron chi connectivity index (χ4n) is 4.44. The molecule has 0 saturated heterocycles. The lowest BCUT2D eigenvalue weighted by molar-refractivity contribution is -0.116. The van der Waals surface area contributed by atoms with Crippen molar-refractivity contribution in [2.24, 2.45) is 0 Å². The van der Waals surface area contributed by atoms with Crippen LogP contribution >= 0.6 is 0 Å². The van der Waals surface area contributed by atoms with Crippen LogP contribution in [0.15, 0.2) is 66.7 Å². The molecule has 2 nitrogen and oxygen atoms in total. The normalized spacial score (nSPS) is 11.2. The summed E-state index contributed by atoms with van der Waals surface area (Å²) in [4.78, 5) is 11.9. The van der Waals surface area contributed by atoms with Crippen LogP contribution in [0.25, 0.3) is 45.8 Å². The molecular formula is C33H37NO. The number of hydrogen-bond donors (Lipinski definition) is 1. The van der Waals surface area contributed by atoms with E-state index in [4.69, 9.17) is 0 Å². The number of unbranched alkanes of at least 4 members (excludes halogenated alkanes) is 1. The van der Waals surface area contributed by atoms with Gasteiger partial charge in [0.05, 0.1) is 0 Å². The number of anilines is 1. The molecule has 0 atom stereocenters. The zero-order valence-corrected chi connectivity index (χ0v) is 21.7. The first-order valence-electron chi connectivity index (χ1n) is 13.0. The monoisotopic (exact) mass is 463 g/mol. The van der Waals surface area contributed by atoms with Crippen molar-refractivity contribution >= 4 is 57.4 Å². The van der Waals surface area contributed by atoms with Crippen LogP contribution < -0.4 is 5.32 Å². The maximum Gasteiger partial charge on any atom is 0.224 e. The smallest absolute Gasteiger partial charge is 0.224 e. The highest BCUT2D eigenvalue weighted by Crippen LogP contribution is 2.35. The van der Waals surface area contributed by atoms with Gasteiger partial charge >= 0.3 is 0 Å². The van der Waals surface area contributed by atoms with Crippen LogP contribution in [0, 0.1) is 0 Å². The molecule has 0 spiro atoms. The van der Waals surface area contributed by atoms with Crippen molar-refractivity contribution in [1.29, 1.82) is 0 Å². The highest BCUT2D eigenvalue weighted by Gasteiger charge is 2.12. The Morgan fingerprint density at radius 1 is 0.657 bits per heavy atom. The number of hydrogen-bond acceptors (Lipinski definition) is 1. The molecule has 2 aliphatic rings. The summed E-state index contributed by atoms with van der Waals surface area (Å²) >= 11 is 0. The summed E-state index contributed by atoms with van der Waals surface area (Å²) in [7, 11) is 0. The van der Waals surface area contributed by atoms with E-state index in [2.05, 4.69) is 91.1 Å². The molecule has 0 aliphatic heterocycles.